The van der Waals surface area contributed by atoms with Gasteiger partial charge in [0.2, 0.25) is 0 Å². The second-order valence-corrected chi connectivity index (χ2v) is 6.58. The van der Waals surface area contributed by atoms with Crippen LogP contribution in [0.3, 0.4) is 0 Å². The van der Waals surface area contributed by atoms with Crippen molar-refractivity contribution in [2.75, 3.05) is 0 Å². The standard InChI is InChI=1S/C23H18N2O3/c1-2-14-3-5-15(6-4-14)21(26)16-7-9-17(10-8-16)22-24-19-12-11-18(23(27)28)13-20(19)25-22/h3-13H,2H2,1H3,(H,24,25)(H,27,28). The van der Waals surface area contributed by atoms with Crippen molar-refractivity contribution in [3.8, 4) is 11.4 Å². The lowest BCUT2D eigenvalue weighted by Crippen LogP contribution is -2.01. The molecule has 4 aromatic rings. The number of carbonyl (C=O) groups excluding carboxylic acids is 1. The van der Waals surface area contributed by atoms with Crippen molar-refractivity contribution in [2.45, 2.75) is 13.3 Å². The third-order valence-corrected chi connectivity index (χ3v) is 4.77. The van der Waals surface area contributed by atoms with Gasteiger partial charge in [0, 0.05) is 16.7 Å². The van der Waals surface area contributed by atoms with E-state index in [4.69, 9.17) is 5.11 Å². The minimum atomic E-state index is -0.979. The molecule has 5 heteroatoms. The van der Waals surface area contributed by atoms with Crippen molar-refractivity contribution in [3.63, 3.8) is 0 Å². The maximum Gasteiger partial charge on any atom is 0.335 e. The number of imidazole rings is 1. The summed E-state index contributed by atoms with van der Waals surface area (Å²) < 4.78 is 0. The van der Waals surface area contributed by atoms with E-state index in [1.807, 2.05) is 36.4 Å². The first-order valence-corrected chi connectivity index (χ1v) is 9.02. The first-order chi connectivity index (χ1) is 13.5. The van der Waals surface area contributed by atoms with Gasteiger partial charge in [-0.25, -0.2) is 9.78 Å². The van der Waals surface area contributed by atoms with Crippen LogP contribution in [0.5, 0.6) is 0 Å². The lowest BCUT2D eigenvalue weighted by Gasteiger charge is -2.04. The molecular weight excluding hydrogens is 352 g/mol. The molecule has 0 saturated heterocycles. The Hall–Kier alpha value is -3.73. The van der Waals surface area contributed by atoms with E-state index in [2.05, 4.69) is 16.9 Å². The Kier molecular flexibility index (Phi) is 4.49. The average molecular weight is 370 g/mol. The highest BCUT2D eigenvalue weighted by Crippen LogP contribution is 2.22. The van der Waals surface area contributed by atoms with Gasteiger partial charge >= 0.3 is 5.97 Å². The number of nitrogens with zero attached hydrogens (tertiary/aromatic N) is 1. The molecule has 138 valence electrons. The second kappa shape index (κ2) is 7.12. The summed E-state index contributed by atoms with van der Waals surface area (Å²) in [6, 6.07) is 19.7. The van der Waals surface area contributed by atoms with Gasteiger partial charge in [0.1, 0.15) is 5.82 Å². The average Bonchev–Trinajstić information content (AvgIpc) is 3.17. The normalized spacial score (nSPS) is 10.9. The quantitative estimate of drug-likeness (QED) is 0.498. The SMILES string of the molecule is CCc1ccc(C(=O)c2ccc(-c3nc4ccc(C(=O)O)cc4[nH]3)cc2)cc1. The van der Waals surface area contributed by atoms with Crippen molar-refractivity contribution >= 4 is 22.8 Å². The van der Waals surface area contributed by atoms with E-state index < -0.39 is 5.97 Å². The number of ketones is 1. The van der Waals surface area contributed by atoms with Crippen molar-refractivity contribution < 1.29 is 14.7 Å². The number of hydrogen-bond acceptors (Lipinski definition) is 3. The highest BCUT2D eigenvalue weighted by Gasteiger charge is 2.12. The summed E-state index contributed by atoms with van der Waals surface area (Å²) in [7, 11) is 0. The largest absolute Gasteiger partial charge is 0.478 e. The predicted octanol–water partition coefficient (Wildman–Crippen LogP) is 4.72. The summed E-state index contributed by atoms with van der Waals surface area (Å²) in [5.41, 5.74) is 4.85. The minimum Gasteiger partial charge on any atom is -0.478 e. The highest BCUT2D eigenvalue weighted by molar-refractivity contribution is 6.09. The monoisotopic (exact) mass is 370 g/mol. The predicted molar refractivity (Wildman–Crippen MR) is 108 cm³/mol. The number of H-pyrrole nitrogens is 1. The van der Waals surface area contributed by atoms with Crippen molar-refractivity contribution in [2.24, 2.45) is 0 Å². The summed E-state index contributed by atoms with van der Waals surface area (Å²) >= 11 is 0. The summed E-state index contributed by atoms with van der Waals surface area (Å²) in [5.74, 6) is -0.373. The number of nitrogens with one attached hydrogen (secondary N) is 1. The van der Waals surface area contributed by atoms with Crippen LogP contribution in [0.15, 0.2) is 66.7 Å². The Balaban J connectivity index is 1.61. The molecule has 1 heterocycles. The van der Waals surface area contributed by atoms with Crippen molar-refractivity contribution in [1.29, 1.82) is 0 Å². The topological polar surface area (TPSA) is 83.1 Å². The van der Waals surface area contributed by atoms with Crippen LogP contribution < -0.4 is 0 Å². The second-order valence-electron chi connectivity index (χ2n) is 6.58. The summed E-state index contributed by atoms with van der Waals surface area (Å²) in [6.45, 7) is 2.08. The van der Waals surface area contributed by atoms with Crippen LogP contribution in [0.25, 0.3) is 22.4 Å². The van der Waals surface area contributed by atoms with Gasteiger partial charge in [-0.2, -0.15) is 0 Å². The van der Waals surface area contributed by atoms with E-state index in [1.165, 1.54) is 11.6 Å². The fourth-order valence-electron chi connectivity index (χ4n) is 3.12. The zero-order valence-corrected chi connectivity index (χ0v) is 15.3. The zero-order chi connectivity index (χ0) is 19.7. The zero-order valence-electron chi connectivity index (χ0n) is 15.3. The molecule has 0 aliphatic rings. The molecule has 2 N–H and O–H groups in total. The van der Waals surface area contributed by atoms with Gasteiger partial charge in [0.25, 0.3) is 0 Å². The number of aryl methyl sites for hydroxylation is 1. The molecule has 0 fully saturated rings. The van der Waals surface area contributed by atoms with Crippen LogP contribution in [-0.4, -0.2) is 26.8 Å². The Morgan fingerprint density at radius 2 is 1.50 bits per heavy atom. The van der Waals surface area contributed by atoms with E-state index >= 15 is 0 Å². The molecule has 0 spiro atoms. The van der Waals surface area contributed by atoms with Crippen LogP contribution in [-0.2, 0) is 6.42 Å². The fraction of sp³-hybridized carbons (Fsp3) is 0.0870. The van der Waals surface area contributed by atoms with E-state index in [9.17, 15) is 9.59 Å². The Morgan fingerprint density at radius 1 is 0.893 bits per heavy atom. The van der Waals surface area contributed by atoms with E-state index in [-0.39, 0.29) is 11.3 Å². The molecular formula is C23H18N2O3. The maximum absolute atomic E-state index is 12.7. The number of fused-ring (bicyclic) bond motifs is 1. The van der Waals surface area contributed by atoms with Gasteiger partial charge in [-0.3, -0.25) is 4.79 Å². The van der Waals surface area contributed by atoms with Gasteiger partial charge in [-0.15, -0.1) is 0 Å². The van der Waals surface area contributed by atoms with E-state index in [0.29, 0.717) is 28.0 Å². The van der Waals surface area contributed by atoms with Crippen LogP contribution in [0.2, 0.25) is 0 Å². The molecule has 0 saturated carbocycles. The molecule has 1 aromatic heterocycles. The van der Waals surface area contributed by atoms with Gasteiger partial charge in [-0.05, 0) is 30.2 Å². The van der Waals surface area contributed by atoms with Gasteiger partial charge in [-0.1, -0.05) is 55.5 Å². The molecule has 0 atom stereocenters. The number of benzene rings is 3. The number of aromatic carboxylic acids is 1. The van der Waals surface area contributed by atoms with Gasteiger partial charge in [0.15, 0.2) is 5.78 Å². The molecule has 0 aliphatic heterocycles. The number of carboxylic acid groups (broad SMARTS) is 1. The Morgan fingerprint density at radius 3 is 2.11 bits per heavy atom. The summed E-state index contributed by atoms with van der Waals surface area (Å²) in [6.07, 6.45) is 0.939. The Bertz CT molecular complexity index is 1170. The van der Waals surface area contributed by atoms with Gasteiger partial charge in [0.05, 0.1) is 16.6 Å². The van der Waals surface area contributed by atoms with Gasteiger partial charge < -0.3 is 10.1 Å². The third kappa shape index (κ3) is 3.30. The van der Waals surface area contributed by atoms with E-state index in [1.54, 1.807) is 24.3 Å². The smallest absolute Gasteiger partial charge is 0.335 e. The number of carbonyl (C=O) groups is 2. The first kappa shape index (κ1) is 17.7. The molecule has 28 heavy (non-hydrogen) atoms. The molecule has 0 unspecified atom stereocenters. The highest BCUT2D eigenvalue weighted by atomic mass is 16.4. The third-order valence-electron chi connectivity index (χ3n) is 4.77. The minimum absolute atomic E-state index is 0.0232. The number of hydrogen-bond donors (Lipinski definition) is 2. The van der Waals surface area contributed by atoms with Crippen LogP contribution in [0, 0.1) is 0 Å². The lowest BCUT2D eigenvalue weighted by atomic mass is 10.0. The number of aromatic nitrogens is 2. The molecule has 4 rings (SSSR count). The van der Waals surface area contributed by atoms with Crippen molar-refractivity contribution in [3.05, 3.63) is 89.0 Å². The molecule has 0 bridgehead atoms. The molecule has 0 aliphatic carbocycles. The molecule has 5 nitrogen and oxygen atoms in total. The molecule has 0 radical (unpaired) electrons. The maximum atomic E-state index is 12.7. The Labute approximate surface area is 161 Å². The van der Waals surface area contributed by atoms with E-state index in [0.717, 1.165) is 12.0 Å². The van der Waals surface area contributed by atoms with Crippen LogP contribution in [0.1, 0.15) is 38.8 Å². The fourth-order valence-corrected chi connectivity index (χ4v) is 3.12. The first-order valence-electron chi connectivity index (χ1n) is 9.02. The summed E-state index contributed by atoms with van der Waals surface area (Å²) in [5, 5.41) is 9.11. The summed E-state index contributed by atoms with van der Waals surface area (Å²) in [4.78, 5) is 31.4. The number of carboxylic acids is 1. The van der Waals surface area contributed by atoms with Crippen LogP contribution in [0.4, 0.5) is 0 Å². The number of aromatic amines is 1. The number of rotatable bonds is 5. The molecule has 3 aromatic carbocycles. The lowest BCUT2D eigenvalue weighted by molar-refractivity contribution is 0.0697. The van der Waals surface area contributed by atoms with Crippen molar-refractivity contribution in [1.82, 2.24) is 9.97 Å². The molecule has 0 amide bonds. The van der Waals surface area contributed by atoms with Crippen LogP contribution >= 0.6 is 0 Å².